The van der Waals surface area contributed by atoms with E-state index in [4.69, 9.17) is 5.21 Å². The number of nitrogens with zero attached hydrogens (tertiary/aromatic N) is 1. The Bertz CT molecular complexity index is 10.8. The largest absolute Gasteiger partial charge is 0.314 e. The van der Waals surface area contributed by atoms with Gasteiger partial charge in [0.15, 0.2) is 0 Å². The average molecular weight is 60.1 g/mol. The number of rotatable bonds is 0. The quantitative estimate of drug-likeness (QED) is 0.401. The van der Waals surface area contributed by atoms with Gasteiger partial charge >= 0.3 is 0 Å². The summed E-state index contributed by atoms with van der Waals surface area (Å²) < 4.78 is 0. The third-order valence-corrected chi connectivity index (χ3v) is 0. The molecule has 0 rings (SSSR count). The normalized spacial score (nSPS) is 9.00. The van der Waals surface area contributed by atoms with Gasteiger partial charge in [-0.3, -0.25) is 0 Å². The van der Waals surface area contributed by atoms with E-state index in [1.807, 2.05) is 0 Å². The molecule has 0 aromatic heterocycles. The van der Waals surface area contributed by atoms with Gasteiger partial charge in [-0.05, 0) is 0 Å². The summed E-state index contributed by atoms with van der Waals surface area (Å²) in [5.41, 5.74) is 0. The molecule has 0 saturated heterocycles. The van der Waals surface area contributed by atoms with Crippen LogP contribution in [0.5, 0.6) is 0 Å². The van der Waals surface area contributed by atoms with Crippen molar-refractivity contribution in [2.24, 2.45) is 0 Å². The zero-order valence-electron chi connectivity index (χ0n) is 2.60. The highest BCUT2D eigenvalue weighted by atomic mass is 16.5. The number of hydroxylamine groups is 2. The van der Waals surface area contributed by atoms with Gasteiger partial charge < -0.3 is 5.21 Å². The lowest BCUT2D eigenvalue weighted by Crippen LogP contribution is -1.97. The molecule has 0 heterocycles. The van der Waals surface area contributed by atoms with Crippen molar-refractivity contribution in [3.05, 3.63) is 7.05 Å². The van der Waals surface area contributed by atoms with Gasteiger partial charge in [0.2, 0.25) is 0 Å². The van der Waals surface area contributed by atoms with Crippen LogP contribution in [0.2, 0.25) is 0 Å². The van der Waals surface area contributed by atoms with Crippen LogP contribution >= 0.6 is 0 Å². The Kier molecular flexibility index (Phi) is 1.24. The van der Waals surface area contributed by atoms with E-state index in [2.05, 4.69) is 7.05 Å². The molecule has 0 amide bonds. The van der Waals surface area contributed by atoms with Gasteiger partial charge in [-0.1, -0.05) is 0 Å². The maximum Gasteiger partial charge on any atom is 0.0385 e. The van der Waals surface area contributed by atoms with Gasteiger partial charge in [-0.2, -0.15) is 5.06 Å². The van der Waals surface area contributed by atoms with Crippen molar-refractivity contribution in [2.75, 3.05) is 7.05 Å². The Morgan fingerprint density at radius 3 is 2.00 bits per heavy atom. The van der Waals surface area contributed by atoms with Crippen molar-refractivity contribution in [2.45, 2.75) is 0 Å². The molecule has 0 spiro atoms. The van der Waals surface area contributed by atoms with Gasteiger partial charge in [0.05, 0.1) is 0 Å². The first-order chi connectivity index (χ1) is 1.73. The first kappa shape index (κ1) is 3.92. The van der Waals surface area contributed by atoms with Crippen LogP contribution in [-0.4, -0.2) is 17.3 Å². The van der Waals surface area contributed by atoms with E-state index in [1.54, 1.807) is 0 Å². The van der Waals surface area contributed by atoms with E-state index in [1.165, 1.54) is 7.05 Å². The molecule has 0 aliphatic rings. The fourth-order valence-corrected chi connectivity index (χ4v) is 0. The third kappa shape index (κ3) is 254. The molecule has 1 N–H and O–H groups in total. The molecule has 2 heteroatoms. The molecule has 1 radical (unpaired) electrons. The van der Waals surface area contributed by atoms with E-state index in [9.17, 15) is 0 Å². The van der Waals surface area contributed by atoms with Crippen LogP contribution in [0.3, 0.4) is 0 Å². The lowest BCUT2D eigenvalue weighted by molar-refractivity contribution is -0.0167. The van der Waals surface area contributed by atoms with Crippen molar-refractivity contribution in [3.8, 4) is 0 Å². The maximum atomic E-state index is 7.78. The first-order valence-corrected chi connectivity index (χ1v) is 0.963. The monoisotopic (exact) mass is 60.0 g/mol. The molecule has 0 atom stereocenters. The van der Waals surface area contributed by atoms with E-state index >= 15 is 0 Å². The number of hydrogen-bond donors (Lipinski definition) is 1. The zero-order valence-corrected chi connectivity index (χ0v) is 2.60. The fraction of sp³-hybridized carbons (Fsp3) is 0.500. The van der Waals surface area contributed by atoms with Crippen LogP contribution in [-0.2, 0) is 0 Å². The highest BCUT2D eigenvalue weighted by molar-refractivity contribution is 4.09. The van der Waals surface area contributed by atoms with Crippen LogP contribution in [0.1, 0.15) is 0 Å². The summed E-state index contributed by atoms with van der Waals surface area (Å²) in [7, 11) is 4.47. The summed E-state index contributed by atoms with van der Waals surface area (Å²) in [6, 6.07) is 0. The lowest BCUT2D eigenvalue weighted by Gasteiger charge is -1.88. The minimum Gasteiger partial charge on any atom is -0.314 e. The van der Waals surface area contributed by atoms with Crippen LogP contribution in [0.15, 0.2) is 0 Å². The van der Waals surface area contributed by atoms with Crippen LogP contribution in [0.25, 0.3) is 0 Å². The fourth-order valence-electron chi connectivity index (χ4n) is 0. The van der Waals surface area contributed by atoms with Crippen molar-refractivity contribution in [3.63, 3.8) is 0 Å². The van der Waals surface area contributed by atoms with Gasteiger partial charge in [-0.25, -0.2) is 0 Å². The summed E-state index contributed by atoms with van der Waals surface area (Å²) in [5, 5.41) is 8.53. The molecule has 0 aromatic rings. The predicted octanol–water partition coefficient (Wildman–Crippen LogP) is 0.0990. The minimum atomic E-state index is 0.750. The third-order valence-electron chi connectivity index (χ3n) is 0. The molecule has 25 valence electrons. The summed E-state index contributed by atoms with van der Waals surface area (Å²) >= 11 is 0. The van der Waals surface area contributed by atoms with E-state index in [0.29, 0.717) is 0 Å². The number of hydrogen-bond acceptors (Lipinski definition) is 2. The first-order valence-electron chi connectivity index (χ1n) is 0.963. The van der Waals surface area contributed by atoms with Crippen molar-refractivity contribution < 1.29 is 5.21 Å². The minimum absolute atomic E-state index is 0.750. The zero-order chi connectivity index (χ0) is 3.58. The highest BCUT2D eigenvalue weighted by Gasteiger charge is 1.60. The summed E-state index contributed by atoms with van der Waals surface area (Å²) in [5.74, 6) is 0. The Morgan fingerprint density at radius 2 is 2.00 bits per heavy atom. The van der Waals surface area contributed by atoms with Gasteiger partial charge in [-0.15, -0.1) is 0 Å². The van der Waals surface area contributed by atoms with E-state index in [0.717, 1.165) is 5.06 Å². The van der Waals surface area contributed by atoms with Gasteiger partial charge in [0.25, 0.3) is 0 Å². The van der Waals surface area contributed by atoms with Crippen molar-refractivity contribution >= 4 is 0 Å². The van der Waals surface area contributed by atoms with E-state index < -0.39 is 0 Å². The molecule has 0 aliphatic carbocycles. The van der Waals surface area contributed by atoms with Gasteiger partial charge in [0.1, 0.15) is 0 Å². The molecule has 0 aliphatic heterocycles. The molecule has 4 heavy (non-hydrogen) atoms. The summed E-state index contributed by atoms with van der Waals surface area (Å²) in [4.78, 5) is 0. The highest BCUT2D eigenvalue weighted by Crippen LogP contribution is 1.52. The molecule has 0 bridgehead atoms. The van der Waals surface area contributed by atoms with Crippen LogP contribution < -0.4 is 0 Å². The smallest absolute Gasteiger partial charge is 0.0385 e. The van der Waals surface area contributed by atoms with Gasteiger partial charge in [0, 0.05) is 14.1 Å². The molecule has 0 aromatic carbocycles. The summed E-state index contributed by atoms with van der Waals surface area (Å²) in [6.07, 6.45) is 0. The second-order valence-electron chi connectivity index (χ2n) is 0.658. The molecule has 0 fully saturated rings. The Morgan fingerprint density at radius 1 is 2.00 bits per heavy atom. The molecule has 2 nitrogen and oxygen atoms in total. The second-order valence-corrected chi connectivity index (χ2v) is 0.658. The molecular formula is C2H6NO. The Hall–Kier alpha value is -0.0800. The van der Waals surface area contributed by atoms with Crippen molar-refractivity contribution in [1.29, 1.82) is 0 Å². The van der Waals surface area contributed by atoms with Crippen molar-refractivity contribution in [1.82, 2.24) is 5.06 Å². The maximum absolute atomic E-state index is 7.78. The summed E-state index contributed by atoms with van der Waals surface area (Å²) in [6.45, 7) is 0. The SMILES string of the molecule is [CH2]N(C)O. The predicted molar refractivity (Wildman–Crippen MR) is 14.9 cm³/mol. The van der Waals surface area contributed by atoms with E-state index in [-0.39, 0.29) is 0 Å². The van der Waals surface area contributed by atoms with Crippen LogP contribution in [0.4, 0.5) is 0 Å². The average Bonchev–Trinajstić information content (AvgIpc) is 0.811. The molecule has 0 saturated carbocycles. The second kappa shape index (κ2) is 1.26. The molecular weight excluding hydrogens is 54.0 g/mol. The topological polar surface area (TPSA) is 23.5 Å². The van der Waals surface area contributed by atoms with Crippen LogP contribution in [0, 0.1) is 7.05 Å². The Balaban J connectivity index is 2.32. The standard InChI is InChI=1S/C2H6NO/c1-3(2)4/h4H,1H2,2H3. The Labute approximate surface area is 25.6 Å². The lowest BCUT2D eigenvalue weighted by atomic mass is 11.2. The molecule has 0 unspecified atom stereocenters.